The van der Waals surface area contributed by atoms with Crippen LogP contribution in [0.3, 0.4) is 0 Å². The van der Waals surface area contributed by atoms with Crippen molar-refractivity contribution in [3.05, 3.63) is 34.7 Å². The number of amides is 1. The second-order valence-electron chi connectivity index (χ2n) is 7.60. The summed E-state index contributed by atoms with van der Waals surface area (Å²) < 4.78 is 3.13. The summed E-state index contributed by atoms with van der Waals surface area (Å²) >= 11 is 0. The van der Waals surface area contributed by atoms with Gasteiger partial charge in [0, 0.05) is 12.6 Å². The molecule has 7 nitrogen and oxygen atoms in total. The van der Waals surface area contributed by atoms with E-state index in [1.54, 1.807) is 9.47 Å². The summed E-state index contributed by atoms with van der Waals surface area (Å²) in [6.07, 6.45) is 4.47. The molecule has 2 fully saturated rings. The molecule has 2 aliphatic rings. The molecule has 1 N–H and O–H groups in total. The Hall–Kier alpha value is -2.57. The fourth-order valence-electron chi connectivity index (χ4n) is 4.99. The van der Waals surface area contributed by atoms with E-state index in [0.29, 0.717) is 18.5 Å². The number of carboxylic acids is 1. The Labute approximate surface area is 157 Å². The maximum atomic E-state index is 13.2. The number of para-hydroxylation sites is 2. The minimum atomic E-state index is -0.943. The van der Waals surface area contributed by atoms with E-state index in [-0.39, 0.29) is 30.1 Å². The summed E-state index contributed by atoms with van der Waals surface area (Å²) in [7, 11) is 0. The molecule has 1 amide bonds. The number of carbonyl (C=O) groups is 2. The fraction of sp³-hybridized carbons (Fsp3) is 0.550. The number of benzene rings is 1. The molecule has 1 aliphatic heterocycles. The molecular formula is C20H25N3O4. The van der Waals surface area contributed by atoms with Gasteiger partial charge in [0.15, 0.2) is 0 Å². The van der Waals surface area contributed by atoms with Crippen molar-refractivity contribution < 1.29 is 14.7 Å². The molecule has 2 heterocycles. The number of carboxylic acid groups (broad SMARTS) is 1. The zero-order valence-electron chi connectivity index (χ0n) is 15.5. The molecule has 0 radical (unpaired) electrons. The van der Waals surface area contributed by atoms with Crippen molar-refractivity contribution in [2.75, 3.05) is 0 Å². The summed E-state index contributed by atoms with van der Waals surface area (Å²) in [6, 6.07) is 6.62. The molecule has 1 aromatic carbocycles. The van der Waals surface area contributed by atoms with E-state index in [9.17, 15) is 19.5 Å². The first-order valence-electron chi connectivity index (χ1n) is 9.75. The number of aryl methyl sites for hydroxylation is 1. The smallest absolute Gasteiger partial charge is 0.329 e. The average molecular weight is 371 g/mol. The van der Waals surface area contributed by atoms with Gasteiger partial charge in [-0.15, -0.1) is 0 Å². The van der Waals surface area contributed by atoms with Gasteiger partial charge in [-0.1, -0.05) is 25.0 Å². The predicted molar refractivity (Wildman–Crippen MR) is 101 cm³/mol. The third-order valence-corrected chi connectivity index (χ3v) is 6.20. The highest BCUT2D eigenvalue weighted by Gasteiger charge is 2.47. The lowest BCUT2D eigenvalue weighted by Gasteiger charge is -2.33. The number of hydrogen-bond acceptors (Lipinski definition) is 3. The molecule has 1 aromatic heterocycles. The van der Waals surface area contributed by atoms with E-state index < -0.39 is 12.0 Å². The van der Waals surface area contributed by atoms with Crippen LogP contribution in [0.25, 0.3) is 11.0 Å². The molecule has 0 spiro atoms. The van der Waals surface area contributed by atoms with Crippen LogP contribution >= 0.6 is 0 Å². The number of aliphatic carboxylic acids is 1. The SMILES string of the molecule is CCn1c(=O)n(CC(=O)N2C(C(=O)O)CC3CCCCC32)c2ccccc21. The number of fused-ring (bicyclic) bond motifs is 2. The van der Waals surface area contributed by atoms with Crippen molar-refractivity contribution in [2.45, 2.75) is 64.2 Å². The number of imidazole rings is 1. The van der Waals surface area contributed by atoms with Crippen molar-refractivity contribution in [1.82, 2.24) is 14.0 Å². The van der Waals surface area contributed by atoms with Crippen LogP contribution in [0.5, 0.6) is 0 Å². The predicted octanol–water partition coefficient (Wildman–Crippen LogP) is 2.07. The third-order valence-electron chi connectivity index (χ3n) is 6.20. The summed E-state index contributed by atoms with van der Waals surface area (Å²) in [4.78, 5) is 39.3. The number of likely N-dealkylation sites (tertiary alicyclic amines) is 1. The number of nitrogens with zero attached hydrogens (tertiary/aromatic N) is 3. The molecule has 144 valence electrons. The summed E-state index contributed by atoms with van der Waals surface area (Å²) in [5, 5.41) is 9.65. The number of carbonyl (C=O) groups excluding carboxylic acids is 1. The zero-order chi connectivity index (χ0) is 19.1. The molecule has 1 aliphatic carbocycles. The zero-order valence-corrected chi connectivity index (χ0v) is 15.5. The largest absolute Gasteiger partial charge is 0.480 e. The van der Waals surface area contributed by atoms with Gasteiger partial charge in [0.05, 0.1) is 11.0 Å². The topological polar surface area (TPSA) is 84.5 Å². The monoisotopic (exact) mass is 371 g/mol. The van der Waals surface area contributed by atoms with Crippen LogP contribution in [0.4, 0.5) is 0 Å². The van der Waals surface area contributed by atoms with Crippen LogP contribution in [-0.4, -0.2) is 43.1 Å². The van der Waals surface area contributed by atoms with Gasteiger partial charge in [0.1, 0.15) is 12.6 Å². The summed E-state index contributed by atoms with van der Waals surface area (Å²) in [5.41, 5.74) is 1.28. The van der Waals surface area contributed by atoms with Crippen molar-refractivity contribution in [3.8, 4) is 0 Å². The first kappa shape index (κ1) is 17.8. The van der Waals surface area contributed by atoms with Crippen LogP contribution in [0.1, 0.15) is 39.0 Å². The van der Waals surface area contributed by atoms with Crippen LogP contribution in [0, 0.1) is 5.92 Å². The third kappa shape index (κ3) is 2.85. The van der Waals surface area contributed by atoms with E-state index in [4.69, 9.17) is 0 Å². The highest BCUT2D eigenvalue weighted by atomic mass is 16.4. The normalized spacial score (nSPS) is 24.9. The first-order valence-corrected chi connectivity index (χ1v) is 9.75. The average Bonchev–Trinajstić information content (AvgIpc) is 3.18. The lowest BCUT2D eigenvalue weighted by atomic mass is 9.85. The van der Waals surface area contributed by atoms with Crippen molar-refractivity contribution in [2.24, 2.45) is 5.92 Å². The summed E-state index contributed by atoms with van der Waals surface area (Å²) in [6.45, 7) is 2.31. The van der Waals surface area contributed by atoms with E-state index in [1.165, 1.54) is 4.57 Å². The van der Waals surface area contributed by atoms with E-state index in [1.807, 2.05) is 31.2 Å². The highest BCUT2D eigenvalue weighted by Crippen LogP contribution is 2.40. The Balaban J connectivity index is 1.69. The van der Waals surface area contributed by atoms with E-state index in [0.717, 1.165) is 31.2 Å². The number of hydrogen-bond donors (Lipinski definition) is 1. The van der Waals surface area contributed by atoms with Gasteiger partial charge in [-0.3, -0.25) is 13.9 Å². The fourth-order valence-corrected chi connectivity index (χ4v) is 4.99. The van der Waals surface area contributed by atoms with Gasteiger partial charge in [0.25, 0.3) is 0 Å². The van der Waals surface area contributed by atoms with Crippen molar-refractivity contribution >= 4 is 22.9 Å². The van der Waals surface area contributed by atoms with Crippen LogP contribution in [0.15, 0.2) is 29.1 Å². The quantitative estimate of drug-likeness (QED) is 0.892. The second-order valence-corrected chi connectivity index (χ2v) is 7.60. The Morgan fingerprint density at radius 3 is 2.44 bits per heavy atom. The van der Waals surface area contributed by atoms with E-state index >= 15 is 0 Å². The summed E-state index contributed by atoms with van der Waals surface area (Å²) in [5.74, 6) is -0.948. The second kappa shape index (κ2) is 6.87. The Bertz CT molecular complexity index is 944. The minimum absolute atomic E-state index is 0.0115. The van der Waals surface area contributed by atoms with Gasteiger partial charge in [-0.2, -0.15) is 0 Å². The molecule has 4 rings (SSSR count). The molecule has 3 atom stereocenters. The van der Waals surface area contributed by atoms with Crippen LogP contribution in [0.2, 0.25) is 0 Å². The lowest BCUT2D eigenvalue weighted by Crippen LogP contribution is -2.48. The Kier molecular flexibility index (Phi) is 4.53. The Morgan fingerprint density at radius 2 is 1.78 bits per heavy atom. The van der Waals surface area contributed by atoms with Gasteiger partial charge in [-0.25, -0.2) is 9.59 Å². The van der Waals surface area contributed by atoms with Gasteiger partial charge in [0.2, 0.25) is 5.91 Å². The van der Waals surface area contributed by atoms with Crippen molar-refractivity contribution in [3.63, 3.8) is 0 Å². The van der Waals surface area contributed by atoms with E-state index in [2.05, 4.69) is 0 Å². The molecule has 2 aromatic rings. The molecule has 7 heteroatoms. The minimum Gasteiger partial charge on any atom is -0.480 e. The molecular weight excluding hydrogens is 346 g/mol. The van der Waals surface area contributed by atoms with Gasteiger partial charge >= 0.3 is 11.7 Å². The maximum absolute atomic E-state index is 13.2. The molecule has 0 bridgehead atoms. The molecule has 27 heavy (non-hydrogen) atoms. The van der Waals surface area contributed by atoms with Crippen LogP contribution in [-0.2, 0) is 22.7 Å². The molecule has 1 saturated heterocycles. The Morgan fingerprint density at radius 1 is 1.11 bits per heavy atom. The standard InChI is InChI=1S/C20H25N3O4/c1-2-21-15-9-5-6-10-16(15)22(20(21)27)12-18(24)23-14-8-4-3-7-13(14)11-17(23)19(25)26/h5-6,9-10,13-14,17H,2-4,7-8,11-12H2,1H3,(H,25,26). The van der Waals surface area contributed by atoms with Crippen molar-refractivity contribution in [1.29, 1.82) is 0 Å². The number of aromatic nitrogens is 2. The molecule has 1 saturated carbocycles. The highest BCUT2D eigenvalue weighted by molar-refractivity contribution is 5.86. The first-order chi connectivity index (χ1) is 13.0. The molecule has 3 unspecified atom stereocenters. The van der Waals surface area contributed by atoms with Crippen LogP contribution < -0.4 is 5.69 Å². The maximum Gasteiger partial charge on any atom is 0.329 e. The van der Waals surface area contributed by atoms with Gasteiger partial charge < -0.3 is 10.0 Å². The van der Waals surface area contributed by atoms with Gasteiger partial charge in [-0.05, 0) is 44.2 Å². The number of rotatable bonds is 4. The lowest BCUT2D eigenvalue weighted by molar-refractivity contribution is -0.150.